The number of hydrogen-bond acceptors (Lipinski definition) is 9. The van der Waals surface area contributed by atoms with Crippen molar-refractivity contribution in [1.29, 1.82) is 0 Å². The summed E-state index contributed by atoms with van der Waals surface area (Å²) in [4.78, 5) is 14.2. The van der Waals surface area contributed by atoms with E-state index in [2.05, 4.69) is 30.5 Å². The first kappa shape index (κ1) is 33.7. The minimum absolute atomic E-state index is 0.502. The Kier molecular flexibility index (Phi) is 12.2. The molecule has 1 saturated heterocycles. The molecule has 3 heterocycles. The molecular weight excluding hydrogens is 595 g/mol. The van der Waals surface area contributed by atoms with Crippen LogP contribution in [0, 0.1) is 11.8 Å². The van der Waals surface area contributed by atoms with Crippen molar-refractivity contribution in [2.24, 2.45) is 11.8 Å². The Morgan fingerprint density at radius 1 is 0.957 bits per heavy atom. The highest BCUT2D eigenvalue weighted by atomic mass is 31.2. The molecule has 0 bridgehead atoms. The Morgan fingerprint density at radius 2 is 1.74 bits per heavy atom. The Morgan fingerprint density at radius 3 is 2.57 bits per heavy atom. The molecule has 2 aromatic rings. The van der Waals surface area contributed by atoms with E-state index in [0.29, 0.717) is 18.5 Å². The zero-order valence-corrected chi connectivity index (χ0v) is 28.7. The van der Waals surface area contributed by atoms with Gasteiger partial charge in [0.05, 0.1) is 6.16 Å². The second-order valence-electron chi connectivity index (χ2n) is 14.1. The van der Waals surface area contributed by atoms with E-state index in [1.54, 1.807) is 0 Å². The fourth-order valence-corrected chi connectivity index (χ4v) is 9.47. The molecular formula is C35H57N8O2P. The lowest BCUT2D eigenvalue weighted by Gasteiger charge is -2.36. The Bertz CT molecular complexity index is 1270. The van der Waals surface area contributed by atoms with Gasteiger partial charge in [0.2, 0.25) is 0 Å². The Hall–Kier alpha value is -2.23. The lowest BCUT2D eigenvalue weighted by molar-refractivity contribution is 0.256. The van der Waals surface area contributed by atoms with Crippen molar-refractivity contribution in [3.63, 3.8) is 0 Å². The fraction of sp³-hybridized carbons (Fsp3) is 0.714. The molecule has 3 fully saturated rings. The molecule has 254 valence electrons. The SMILES string of the molecule is Nc1cc(N2CCN(CCP3(=O)NCc4ccccc4O3)CC2)nc(CCC2CCC(CNCCCNC3CCCCC3)CC2)n1. The van der Waals surface area contributed by atoms with Gasteiger partial charge in [-0.25, -0.2) is 15.1 Å². The molecule has 6 rings (SSSR count). The van der Waals surface area contributed by atoms with E-state index in [9.17, 15) is 4.57 Å². The maximum absolute atomic E-state index is 13.3. The summed E-state index contributed by atoms with van der Waals surface area (Å²) in [5.74, 6) is 4.70. The number of nitrogen functional groups attached to an aromatic ring is 1. The number of para-hydroxylation sites is 1. The van der Waals surface area contributed by atoms with Gasteiger partial charge in [0, 0.05) is 63.4 Å². The van der Waals surface area contributed by atoms with E-state index in [-0.39, 0.29) is 0 Å². The second-order valence-corrected chi connectivity index (χ2v) is 16.4. The number of anilines is 2. The van der Waals surface area contributed by atoms with Gasteiger partial charge in [-0.05, 0) is 76.1 Å². The van der Waals surface area contributed by atoms with E-state index < -0.39 is 7.52 Å². The smallest absolute Gasteiger partial charge is 0.318 e. The van der Waals surface area contributed by atoms with Gasteiger partial charge in [0.25, 0.3) is 0 Å². The van der Waals surface area contributed by atoms with Gasteiger partial charge in [0.1, 0.15) is 23.2 Å². The number of fused-ring (bicyclic) bond motifs is 1. The van der Waals surface area contributed by atoms with Crippen LogP contribution in [0.3, 0.4) is 0 Å². The fourth-order valence-electron chi connectivity index (χ4n) is 7.70. The molecule has 10 nitrogen and oxygen atoms in total. The highest BCUT2D eigenvalue weighted by Gasteiger charge is 2.31. The molecule has 5 N–H and O–H groups in total. The van der Waals surface area contributed by atoms with Gasteiger partial charge in [-0.1, -0.05) is 50.3 Å². The van der Waals surface area contributed by atoms with E-state index in [0.717, 1.165) is 99.5 Å². The van der Waals surface area contributed by atoms with Crippen molar-refractivity contribution in [1.82, 2.24) is 30.6 Å². The number of nitrogens with two attached hydrogens (primary N) is 1. The highest BCUT2D eigenvalue weighted by Crippen LogP contribution is 2.47. The normalized spacial score (nSPS) is 26.0. The molecule has 1 aromatic carbocycles. The lowest BCUT2D eigenvalue weighted by atomic mass is 9.80. The average molecular weight is 653 g/mol. The van der Waals surface area contributed by atoms with E-state index >= 15 is 0 Å². The Labute approximate surface area is 276 Å². The quantitative estimate of drug-likeness (QED) is 0.160. The van der Waals surface area contributed by atoms with Crippen molar-refractivity contribution in [3.8, 4) is 5.75 Å². The molecule has 1 atom stereocenters. The molecule has 0 spiro atoms. The van der Waals surface area contributed by atoms with Gasteiger partial charge < -0.3 is 25.8 Å². The molecule has 4 aliphatic rings. The lowest BCUT2D eigenvalue weighted by Crippen LogP contribution is -2.47. The van der Waals surface area contributed by atoms with Crippen LogP contribution in [-0.2, 0) is 17.5 Å². The summed E-state index contributed by atoms with van der Waals surface area (Å²) in [6.07, 6.45) is 16.0. The zero-order valence-electron chi connectivity index (χ0n) is 27.8. The van der Waals surface area contributed by atoms with Crippen molar-refractivity contribution >= 4 is 19.2 Å². The van der Waals surface area contributed by atoms with Gasteiger partial charge in [-0.3, -0.25) is 9.46 Å². The summed E-state index contributed by atoms with van der Waals surface area (Å²) in [6, 6.07) is 10.5. The first-order valence-corrected chi connectivity index (χ1v) is 20.0. The topological polar surface area (TPSA) is 121 Å². The third-order valence-corrected chi connectivity index (χ3v) is 12.6. The molecule has 1 unspecified atom stereocenters. The van der Waals surface area contributed by atoms with Crippen molar-refractivity contribution in [2.75, 3.05) is 69.2 Å². The maximum Gasteiger partial charge on any atom is 0.318 e. The van der Waals surface area contributed by atoms with Crippen molar-refractivity contribution < 1.29 is 9.09 Å². The molecule has 0 radical (unpaired) electrons. The minimum atomic E-state index is -2.88. The Balaban J connectivity index is 0.858. The number of aromatic nitrogens is 2. The van der Waals surface area contributed by atoms with Crippen LogP contribution < -0.4 is 30.9 Å². The third-order valence-electron chi connectivity index (χ3n) is 10.7. The monoisotopic (exact) mass is 652 g/mol. The van der Waals surface area contributed by atoms with Crippen molar-refractivity contribution in [3.05, 3.63) is 41.7 Å². The largest absolute Gasteiger partial charge is 0.432 e. The number of nitrogens with zero attached hydrogens (tertiary/aromatic N) is 4. The van der Waals surface area contributed by atoms with Crippen molar-refractivity contribution in [2.45, 2.75) is 89.6 Å². The number of benzene rings is 1. The standard InChI is InChI=1S/C35H57N8O2P/c36-33-25-35(43-21-19-42(20-22-43)23-24-46(44)39-27-30-7-4-5-10-32(30)45-46)41-34(40-33)16-15-28-11-13-29(14-12-28)26-37-17-6-18-38-31-8-2-1-3-9-31/h4-5,7,10,25,28-29,31,37-38H,1-3,6,8-9,11-24,26-27H2,(H,39,44)(H2,36,40,41). The number of nitrogens with one attached hydrogen (secondary N) is 3. The second kappa shape index (κ2) is 16.7. The van der Waals surface area contributed by atoms with Crippen LogP contribution >= 0.6 is 7.52 Å². The van der Waals surface area contributed by atoms with E-state index in [1.165, 1.54) is 70.8 Å². The minimum Gasteiger partial charge on any atom is -0.432 e. The predicted molar refractivity (Wildman–Crippen MR) is 188 cm³/mol. The van der Waals surface area contributed by atoms with Gasteiger partial charge >= 0.3 is 7.52 Å². The summed E-state index contributed by atoms with van der Waals surface area (Å²) < 4.78 is 19.2. The summed E-state index contributed by atoms with van der Waals surface area (Å²) in [6.45, 7) is 8.32. The van der Waals surface area contributed by atoms with Crippen LogP contribution in [0.25, 0.3) is 0 Å². The molecule has 46 heavy (non-hydrogen) atoms. The third kappa shape index (κ3) is 9.89. The van der Waals surface area contributed by atoms with Crippen LogP contribution in [0.1, 0.15) is 82.0 Å². The summed E-state index contributed by atoms with van der Waals surface area (Å²) in [5.41, 5.74) is 7.32. The summed E-state index contributed by atoms with van der Waals surface area (Å²) >= 11 is 0. The number of aryl methyl sites for hydroxylation is 1. The first-order valence-electron chi connectivity index (χ1n) is 18.2. The molecule has 2 aliphatic heterocycles. The van der Waals surface area contributed by atoms with Crippen LogP contribution in [-0.4, -0.2) is 79.4 Å². The summed E-state index contributed by atoms with van der Waals surface area (Å²) in [7, 11) is -2.88. The number of rotatable bonds is 14. The van der Waals surface area contributed by atoms with Gasteiger partial charge in [0.15, 0.2) is 0 Å². The zero-order chi connectivity index (χ0) is 31.6. The van der Waals surface area contributed by atoms with E-state index in [1.807, 2.05) is 30.3 Å². The van der Waals surface area contributed by atoms with Gasteiger partial charge in [-0.2, -0.15) is 0 Å². The average Bonchev–Trinajstić information content (AvgIpc) is 3.09. The van der Waals surface area contributed by atoms with Crippen LogP contribution in [0.15, 0.2) is 30.3 Å². The number of hydrogen-bond donors (Lipinski definition) is 4. The molecule has 2 aliphatic carbocycles. The van der Waals surface area contributed by atoms with Gasteiger partial charge in [-0.15, -0.1) is 0 Å². The summed E-state index contributed by atoms with van der Waals surface area (Å²) in [5, 5.41) is 10.7. The molecule has 11 heteroatoms. The maximum atomic E-state index is 13.3. The van der Waals surface area contributed by atoms with E-state index in [4.69, 9.17) is 15.2 Å². The first-order chi connectivity index (χ1) is 22.5. The molecule has 2 saturated carbocycles. The highest BCUT2D eigenvalue weighted by molar-refractivity contribution is 7.57. The van der Waals surface area contributed by atoms with Crippen LogP contribution in [0.2, 0.25) is 0 Å². The van der Waals surface area contributed by atoms with Crippen LogP contribution in [0.5, 0.6) is 5.75 Å². The number of piperazine rings is 1. The predicted octanol–water partition coefficient (Wildman–Crippen LogP) is 5.20. The molecule has 0 amide bonds. The molecule has 1 aromatic heterocycles. The van der Waals surface area contributed by atoms with Crippen LogP contribution in [0.4, 0.5) is 11.6 Å².